The number of phosphoric acid groups is 4. The van der Waals surface area contributed by atoms with Crippen LogP contribution in [0.4, 0.5) is 0 Å². The molecule has 65 heavy (non-hydrogen) atoms. The summed E-state index contributed by atoms with van der Waals surface area (Å²) in [5.74, 6) is 0. The van der Waals surface area contributed by atoms with E-state index in [1.165, 1.54) is 0 Å². The van der Waals surface area contributed by atoms with Crippen molar-refractivity contribution in [2.24, 2.45) is 0 Å². The van der Waals surface area contributed by atoms with Crippen LogP contribution in [0.25, 0.3) is 0 Å². The van der Waals surface area contributed by atoms with Gasteiger partial charge in [-0.1, -0.05) is 23.2 Å². The Kier molecular flexibility index (Phi) is 38.6. The molecule has 0 unspecified atom stereocenters. The van der Waals surface area contributed by atoms with Gasteiger partial charge in [-0.15, -0.1) is 0 Å². The van der Waals surface area contributed by atoms with E-state index in [1.807, 2.05) is 41.5 Å². The van der Waals surface area contributed by atoms with Gasteiger partial charge in [0, 0.05) is 0 Å². The molecule has 0 radical (unpaired) electrons. The van der Waals surface area contributed by atoms with Crippen molar-refractivity contribution in [3.05, 3.63) is 0 Å². The van der Waals surface area contributed by atoms with Gasteiger partial charge < -0.3 is 14.6 Å². The summed E-state index contributed by atoms with van der Waals surface area (Å²) < 4.78 is 119. The van der Waals surface area contributed by atoms with Crippen LogP contribution in [0.1, 0.15) is 173 Å². The van der Waals surface area contributed by atoms with E-state index in [2.05, 4.69) is 4.52 Å². The van der Waals surface area contributed by atoms with Crippen molar-refractivity contribution in [1.82, 2.24) is 0 Å². The number of hydrogen-bond donors (Lipinski definition) is 1. The molecule has 0 aromatic heterocycles. The van der Waals surface area contributed by atoms with Gasteiger partial charge in [0.15, 0.2) is 13.6 Å². The van der Waals surface area contributed by atoms with E-state index < -0.39 is 59.3 Å². The molecule has 1 N–H and O–H groups in total. The van der Waals surface area contributed by atoms with Crippen LogP contribution in [0.15, 0.2) is 0 Å². The lowest BCUT2D eigenvalue weighted by Gasteiger charge is -2.31. The Morgan fingerprint density at radius 2 is 0.523 bits per heavy atom. The van der Waals surface area contributed by atoms with Crippen LogP contribution in [-0.4, -0.2) is 96.5 Å². The fourth-order valence-electron chi connectivity index (χ4n) is 3.00. The van der Waals surface area contributed by atoms with Crippen molar-refractivity contribution in [1.29, 1.82) is 0 Å². The molecular formula is C40H92Cl2O19P4. The van der Waals surface area contributed by atoms with Crippen LogP contribution >= 0.6 is 54.5 Å². The number of hydrogen-bond acceptors (Lipinski definition) is 19. The molecule has 0 heterocycles. The molecule has 0 saturated carbocycles. The van der Waals surface area contributed by atoms with E-state index in [-0.39, 0.29) is 63.3 Å². The summed E-state index contributed by atoms with van der Waals surface area (Å²) in [6, 6.07) is -0.430. The molecule has 400 valence electrons. The van der Waals surface area contributed by atoms with E-state index in [9.17, 15) is 18.3 Å². The Hall–Kier alpha value is 0.900. The van der Waals surface area contributed by atoms with Crippen molar-refractivity contribution in [3.63, 3.8) is 0 Å². The first-order chi connectivity index (χ1) is 28.6. The number of ether oxygens (including phenoxy) is 2. The third kappa shape index (κ3) is 61.0. The third-order valence-corrected chi connectivity index (χ3v) is 12.2. The van der Waals surface area contributed by atoms with Crippen molar-refractivity contribution >= 4 is 54.5 Å². The van der Waals surface area contributed by atoms with Gasteiger partial charge in [-0.3, -0.25) is 54.3 Å². The van der Waals surface area contributed by atoms with E-state index in [4.69, 9.17) is 87.5 Å². The Labute approximate surface area is 404 Å². The summed E-state index contributed by atoms with van der Waals surface area (Å²) in [5, 5.41) is 8.52. The smallest absolute Gasteiger partial charge is 0.391 e. The third-order valence-electron chi connectivity index (χ3n) is 4.51. The highest BCUT2D eigenvalue weighted by Crippen LogP contribution is 2.56. The molecule has 19 nitrogen and oxygen atoms in total. The summed E-state index contributed by atoms with van der Waals surface area (Å²) in [4.78, 5) is 0. The molecule has 0 fully saturated rings. The Bertz CT molecular complexity index is 1310. The molecule has 0 aliphatic rings. The number of aliphatic hydroxyl groups is 1. The van der Waals surface area contributed by atoms with Crippen molar-refractivity contribution < 1.29 is 87.1 Å². The minimum absolute atomic E-state index is 0.110. The number of phosphoric ester groups is 4. The standard InChI is InChI=1S/C13H29O5P.C9H20ClO4P.C9H21O5P.C5H12ClO4P.C4H10O/c1-11(2,3)15-10-16-19(14,17-12(4,5)6)18-13(7,8)9;1-8(2,3)13-15(11,12-7-10)14-9(4,5)6;1-6-12-15(10,13-7-2)14-8-11-9(3,4)5;1-3-8-11(7,9-4-2)10-5-6;1-4(2,3)5/h10H2,1-9H3;7H2,1-6H3;6-8H2,1-5H3;3-5H2,1-2H3;5H,1-3H3. The largest absolute Gasteiger partial charge is 0.477 e. The molecule has 0 aliphatic carbocycles. The summed E-state index contributed by atoms with van der Waals surface area (Å²) >= 11 is 10.6. The number of alkyl halides is 2. The van der Waals surface area contributed by atoms with Crippen molar-refractivity contribution in [3.8, 4) is 0 Å². The number of rotatable bonds is 22. The monoisotopic (exact) mass is 1070 g/mol. The van der Waals surface area contributed by atoms with Crippen molar-refractivity contribution in [2.45, 2.75) is 212 Å². The van der Waals surface area contributed by atoms with Crippen LogP contribution in [0, 0.1) is 0 Å². The predicted molar refractivity (Wildman–Crippen MR) is 259 cm³/mol. The first-order valence-corrected chi connectivity index (χ1v) is 28.0. The van der Waals surface area contributed by atoms with Crippen LogP contribution < -0.4 is 0 Å². The minimum atomic E-state index is -3.67. The molecule has 0 saturated heterocycles. The average molecular weight is 1070 g/mol. The van der Waals surface area contributed by atoms with Gasteiger partial charge in [0.25, 0.3) is 0 Å². The fourth-order valence-corrected chi connectivity index (χ4v) is 9.00. The van der Waals surface area contributed by atoms with Gasteiger partial charge in [0.2, 0.25) is 0 Å². The molecule has 0 aliphatic heterocycles. The SMILES string of the molecule is CC(C)(C)O.CC(C)(C)OCOP(=O)(OC(C)(C)C)OC(C)(C)C.CC(C)(C)OP(=O)(OCCl)OC(C)(C)C.CCOP(=O)(OCC)OCCl.CCOP(=O)(OCC)OCOC(C)(C)C. The van der Waals surface area contributed by atoms with Gasteiger partial charge in [0.05, 0.1) is 65.6 Å². The molecule has 0 aromatic rings. The van der Waals surface area contributed by atoms with Gasteiger partial charge in [-0.2, -0.15) is 0 Å². The topological polar surface area (TPSA) is 218 Å². The molecule has 25 heteroatoms. The van der Waals surface area contributed by atoms with Gasteiger partial charge in [-0.05, 0) is 173 Å². The number of halogens is 2. The Balaban J connectivity index is -0.000000241. The lowest BCUT2D eigenvalue weighted by Crippen LogP contribution is -2.26. The highest BCUT2D eigenvalue weighted by Gasteiger charge is 2.38. The maximum Gasteiger partial charge on any atom is 0.477 e. The molecule has 0 spiro atoms. The van der Waals surface area contributed by atoms with Gasteiger partial charge >= 0.3 is 31.3 Å². The second kappa shape index (κ2) is 33.5. The maximum absolute atomic E-state index is 12.6. The Morgan fingerprint density at radius 3 is 0.708 bits per heavy atom. The van der Waals surface area contributed by atoms with Gasteiger partial charge in [0.1, 0.15) is 12.1 Å². The second-order valence-electron chi connectivity index (χ2n) is 19.9. The van der Waals surface area contributed by atoms with Gasteiger partial charge in [-0.25, -0.2) is 18.3 Å². The highest BCUT2D eigenvalue weighted by atomic mass is 35.5. The quantitative estimate of drug-likeness (QED) is 0.0605. The zero-order valence-corrected chi connectivity index (χ0v) is 49.6. The zero-order valence-electron chi connectivity index (χ0n) is 44.5. The zero-order chi connectivity index (χ0) is 53.1. The Morgan fingerprint density at radius 1 is 0.338 bits per heavy atom. The average Bonchev–Trinajstić information content (AvgIpc) is 2.96. The van der Waals surface area contributed by atoms with E-state index >= 15 is 0 Å². The summed E-state index contributed by atoms with van der Waals surface area (Å²) in [5.41, 5.74) is -3.73. The highest BCUT2D eigenvalue weighted by molar-refractivity contribution is 7.49. The van der Waals surface area contributed by atoms with Crippen LogP contribution in [0.3, 0.4) is 0 Å². The van der Waals surface area contributed by atoms with Crippen LogP contribution in [-0.2, 0) is 82.0 Å². The molecule has 0 rings (SSSR count). The van der Waals surface area contributed by atoms with Crippen LogP contribution in [0.5, 0.6) is 0 Å². The molecule has 0 atom stereocenters. The molecule has 0 amide bonds. The first-order valence-electron chi connectivity index (χ1n) is 21.1. The minimum Gasteiger partial charge on any atom is -0.391 e. The lowest BCUT2D eigenvalue weighted by molar-refractivity contribution is -0.100. The van der Waals surface area contributed by atoms with Crippen LogP contribution in [0.2, 0.25) is 0 Å². The van der Waals surface area contributed by atoms with Crippen molar-refractivity contribution in [2.75, 3.05) is 52.1 Å². The summed E-state index contributed by atoms with van der Waals surface area (Å²) in [7, 11) is -14.0. The summed E-state index contributed by atoms with van der Waals surface area (Å²) in [6.07, 6.45) is 0. The first kappa shape index (κ1) is 74.8. The fraction of sp³-hybridized carbons (Fsp3) is 1.00. The molecule has 0 aromatic carbocycles. The second-order valence-corrected chi connectivity index (χ2v) is 26.7. The molecule has 0 bridgehead atoms. The predicted octanol–water partition coefficient (Wildman–Crippen LogP) is 14.6. The normalized spacial score (nSPS) is 13.6. The van der Waals surface area contributed by atoms with E-state index in [0.717, 1.165) is 0 Å². The summed E-state index contributed by atoms with van der Waals surface area (Å²) in [6.45, 7) is 45.5. The van der Waals surface area contributed by atoms with E-state index in [0.29, 0.717) is 0 Å². The van der Waals surface area contributed by atoms with E-state index in [1.54, 1.807) is 132 Å². The maximum atomic E-state index is 12.6. The molecular weight excluding hydrogens is 979 g/mol. The lowest BCUT2D eigenvalue weighted by atomic mass is 10.2.